The number of rotatable bonds is 7. The molecule has 3 rings (SSSR count). The second-order valence-electron chi connectivity index (χ2n) is 6.96. The van der Waals surface area contributed by atoms with Gasteiger partial charge in [0.1, 0.15) is 11.6 Å². The first-order valence-corrected chi connectivity index (χ1v) is 10.2. The van der Waals surface area contributed by atoms with E-state index in [9.17, 15) is 31.1 Å². The summed E-state index contributed by atoms with van der Waals surface area (Å²) < 4.78 is 76.6. The van der Waals surface area contributed by atoms with Crippen LogP contribution in [0.2, 0.25) is 5.02 Å². The third-order valence-electron chi connectivity index (χ3n) is 4.38. The van der Waals surface area contributed by atoms with E-state index in [0.29, 0.717) is 6.20 Å². The maximum absolute atomic E-state index is 12.8. The molecule has 14 heteroatoms. The highest BCUT2D eigenvalue weighted by Gasteiger charge is 2.32. The van der Waals surface area contributed by atoms with Crippen molar-refractivity contribution in [1.82, 2.24) is 9.97 Å². The Morgan fingerprint density at radius 2 is 1.51 bits per heavy atom. The zero-order valence-corrected chi connectivity index (χ0v) is 18.3. The fraction of sp³-hybridized carbons (Fsp3) is 0.190. The van der Waals surface area contributed by atoms with Crippen LogP contribution in [0, 0.1) is 0 Å². The van der Waals surface area contributed by atoms with Gasteiger partial charge in [0.15, 0.2) is 0 Å². The topological polar surface area (TPSA) is 91.0 Å². The summed E-state index contributed by atoms with van der Waals surface area (Å²) in [7, 11) is 0. The van der Waals surface area contributed by atoms with Crippen molar-refractivity contribution in [2.45, 2.75) is 12.4 Å². The molecule has 0 atom stereocenters. The molecule has 0 saturated carbocycles. The van der Waals surface area contributed by atoms with Crippen LogP contribution in [-0.2, 0) is 12.4 Å². The lowest BCUT2D eigenvalue weighted by Crippen LogP contribution is -2.22. The molecule has 0 bridgehead atoms. The molecule has 2 aromatic heterocycles. The maximum atomic E-state index is 12.8. The molecule has 0 unspecified atom stereocenters. The van der Waals surface area contributed by atoms with E-state index in [1.165, 1.54) is 30.5 Å². The Balaban J connectivity index is 1.55. The highest BCUT2D eigenvalue weighted by molar-refractivity contribution is 6.32. The van der Waals surface area contributed by atoms with Crippen LogP contribution in [0.25, 0.3) is 0 Å². The number of nitrogens with one attached hydrogen (secondary N) is 4. The van der Waals surface area contributed by atoms with Crippen LogP contribution in [0.3, 0.4) is 0 Å². The summed E-state index contributed by atoms with van der Waals surface area (Å²) in [4.78, 5) is 20.0. The number of carbonyl (C=O) groups excluding carboxylic acids is 1. The number of urea groups is 1. The second-order valence-corrected chi connectivity index (χ2v) is 7.37. The van der Waals surface area contributed by atoms with E-state index in [0.717, 1.165) is 18.2 Å². The number of hydrogen-bond acceptors (Lipinski definition) is 5. The van der Waals surface area contributed by atoms with Crippen molar-refractivity contribution in [2.24, 2.45) is 0 Å². The van der Waals surface area contributed by atoms with E-state index in [1.807, 2.05) is 0 Å². The van der Waals surface area contributed by atoms with Gasteiger partial charge in [0.2, 0.25) is 0 Å². The molecule has 0 radical (unpaired) electrons. The molecular formula is C21H17ClF6N6O. The van der Waals surface area contributed by atoms with Gasteiger partial charge >= 0.3 is 18.4 Å². The Hall–Kier alpha value is -3.74. The van der Waals surface area contributed by atoms with Gasteiger partial charge in [-0.05, 0) is 36.4 Å². The van der Waals surface area contributed by atoms with Gasteiger partial charge in [0, 0.05) is 31.2 Å². The molecule has 0 fully saturated rings. The van der Waals surface area contributed by atoms with Crippen molar-refractivity contribution in [1.29, 1.82) is 0 Å². The van der Waals surface area contributed by atoms with Crippen LogP contribution in [0.4, 0.5) is 54.1 Å². The van der Waals surface area contributed by atoms with Gasteiger partial charge < -0.3 is 21.3 Å². The van der Waals surface area contributed by atoms with Crippen molar-refractivity contribution >= 4 is 40.6 Å². The lowest BCUT2D eigenvalue weighted by Gasteiger charge is -2.14. The number of anilines is 4. The number of nitrogens with zero attached hydrogens (tertiary/aromatic N) is 2. The lowest BCUT2D eigenvalue weighted by molar-refractivity contribution is -0.138. The standard InChI is InChI=1S/C21H17ClF6N6O/c22-15-10-13(21(26,27)28)11-32-17(15)30-7-8-31-18-16(5-2-6-29-18)34-19(35)33-14-4-1-3-12(9-14)20(23,24)25/h1-6,9-11H,7-8H2,(H,29,31)(H,30,32)(H2,33,34,35). The highest BCUT2D eigenvalue weighted by atomic mass is 35.5. The zero-order chi connectivity index (χ0) is 25.6. The zero-order valence-electron chi connectivity index (χ0n) is 17.6. The van der Waals surface area contributed by atoms with Crippen LogP contribution in [-0.4, -0.2) is 29.1 Å². The molecule has 0 aliphatic rings. The fourth-order valence-electron chi connectivity index (χ4n) is 2.79. The third kappa shape index (κ3) is 7.37. The average Bonchev–Trinajstić information content (AvgIpc) is 2.77. The number of amides is 2. The van der Waals surface area contributed by atoms with Crippen molar-refractivity contribution < 1.29 is 31.1 Å². The van der Waals surface area contributed by atoms with Crippen LogP contribution in [0.15, 0.2) is 54.9 Å². The van der Waals surface area contributed by atoms with E-state index < -0.39 is 29.5 Å². The van der Waals surface area contributed by atoms with Crippen molar-refractivity contribution in [3.8, 4) is 0 Å². The van der Waals surface area contributed by atoms with Crippen molar-refractivity contribution in [3.63, 3.8) is 0 Å². The highest BCUT2D eigenvalue weighted by Crippen LogP contribution is 2.32. The van der Waals surface area contributed by atoms with Gasteiger partial charge in [-0.15, -0.1) is 0 Å². The number of benzene rings is 1. The van der Waals surface area contributed by atoms with Crippen LogP contribution in [0.1, 0.15) is 11.1 Å². The number of halogens is 7. The molecule has 0 aliphatic carbocycles. The third-order valence-corrected chi connectivity index (χ3v) is 4.67. The summed E-state index contributed by atoms with van der Waals surface area (Å²) in [6.45, 7) is 0.393. The Morgan fingerprint density at radius 1 is 0.829 bits per heavy atom. The number of pyridine rings is 2. The molecule has 2 heterocycles. The summed E-state index contributed by atoms with van der Waals surface area (Å²) in [6, 6.07) is 7.18. The Kier molecular flexibility index (Phi) is 7.89. The predicted octanol–water partition coefficient (Wildman–Crippen LogP) is 6.34. The molecule has 186 valence electrons. The molecule has 1 aromatic carbocycles. The van der Waals surface area contributed by atoms with Gasteiger partial charge in [-0.25, -0.2) is 14.8 Å². The summed E-state index contributed by atoms with van der Waals surface area (Å²) in [5.41, 5.74) is -1.70. The first kappa shape index (κ1) is 25.9. The lowest BCUT2D eigenvalue weighted by atomic mass is 10.2. The van der Waals surface area contributed by atoms with Crippen LogP contribution >= 0.6 is 11.6 Å². The first-order valence-electron chi connectivity index (χ1n) is 9.84. The Morgan fingerprint density at radius 3 is 2.17 bits per heavy atom. The largest absolute Gasteiger partial charge is 0.417 e. The van der Waals surface area contributed by atoms with E-state index in [4.69, 9.17) is 11.6 Å². The van der Waals surface area contributed by atoms with Crippen molar-refractivity contribution in [3.05, 3.63) is 71.0 Å². The molecule has 0 saturated heterocycles. The Bertz CT molecular complexity index is 1190. The van der Waals surface area contributed by atoms with E-state index >= 15 is 0 Å². The Labute approximate surface area is 199 Å². The van der Waals surface area contributed by atoms with E-state index in [-0.39, 0.29) is 41.1 Å². The SMILES string of the molecule is O=C(Nc1cccc(C(F)(F)F)c1)Nc1cccnc1NCCNc1ncc(C(F)(F)F)cc1Cl. The van der Waals surface area contributed by atoms with E-state index in [1.54, 1.807) is 0 Å². The smallest absolute Gasteiger partial charge is 0.367 e. The van der Waals surface area contributed by atoms with Crippen molar-refractivity contribution in [2.75, 3.05) is 34.4 Å². The molecule has 2 amide bonds. The summed E-state index contributed by atoms with van der Waals surface area (Å²) >= 11 is 5.84. The monoisotopic (exact) mass is 518 g/mol. The minimum Gasteiger partial charge on any atom is -0.367 e. The minimum atomic E-state index is -4.56. The molecule has 3 aromatic rings. The van der Waals surface area contributed by atoms with E-state index in [2.05, 4.69) is 31.2 Å². The molecule has 35 heavy (non-hydrogen) atoms. The number of carbonyl (C=O) groups is 1. The average molecular weight is 519 g/mol. The van der Waals surface area contributed by atoms with Crippen LogP contribution in [0.5, 0.6) is 0 Å². The molecule has 0 spiro atoms. The maximum Gasteiger partial charge on any atom is 0.417 e. The van der Waals surface area contributed by atoms with Gasteiger partial charge in [-0.2, -0.15) is 26.3 Å². The summed E-state index contributed by atoms with van der Waals surface area (Å²) in [5.74, 6) is 0.307. The summed E-state index contributed by atoms with van der Waals surface area (Å²) in [6.07, 6.45) is -7.01. The molecule has 0 aliphatic heterocycles. The fourth-order valence-corrected chi connectivity index (χ4v) is 3.02. The van der Waals surface area contributed by atoms with Crippen LogP contribution < -0.4 is 21.3 Å². The normalized spacial score (nSPS) is 11.6. The molecule has 4 N–H and O–H groups in total. The number of hydrogen-bond donors (Lipinski definition) is 4. The first-order chi connectivity index (χ1) is 16.4. The minimum absolute atomic E-state index is 0.0548. The number of aromatic nitrogens is 2. The quantitative estimate of drug-likeness (QED) is 0.216. The van der Waals surface area contributed by atoms with Gasteiger partial charge in [-0.1, -0.05) is 17.7 Å². The molecule has 7 nitrogen and oxygen atoms in total. The number of alkyl halides is 6. The summed E-state index contributed by atoms with van der Waals surface area (Å²) in [5, 5.41) is 10.3. The van der Waals surface area contributed by atoms with Gasteiger partial charge in [-0.3, -0.25) is 0 Å². The van der Waals surface area contributed by atoms with Gasteiger partial charge in [0.25, 0.3) is 0 Å². The van der Waals surface area contributed by atoms with Gasteiger partial charge in [0.05, 0.1) is 21.8 Å². The molecular weight excluding hydrogens is 502 g/mol. The predicted molar refractivity (Wildman–Crippen MR) is 120 cm³/mol. The second kappa shape index (κ2) is 10.7.